The molecule has 134 valence electrons. The zero-order valence-corrected chi connectivity index (χ0v) is 13.8. The van der Waals surface area contributed by atoms with E-state index in [-0.39, 0.29) is 17.9 Å². The molecule has 0 saturated carbocycles. The fourth-order valence-electron chi connectivity index (χ4n) is 2.72. The molecule has 0 unspecified atom stereocenters. The second-order valence-corrected chi connectivity index (χ2v) is 5.61. The first-order valence-corrected chi connectivity index (χ1v) is 7.75. The van der Waals surface area contributed by atoms with Crippen molar-refractivity contribution in [2.24, 2.45) is 0 Å². The number of hydrogen-bond donors (Lipinski definition) is 0. The van der Waals surface area contributed by atoms with E-state index in [0.717, 1.165) is 11.6 Å². The second kappa shape index (κ2) is 7.03. The van der Waals surface area contributed by atoms with Gasteiger partial charge >= 0.3 is 12.1 Å². The van der Waals surface area contributed by atoms with Crippen molar-refractivity contribution in [2.75, 3.05) is 7.11 Å². The molecule has 3 aromatic rings. The molecule has 1 aromatic heterocycles. The highest BCUT2D eigenvalue weighted by Gasteiger charge is 2.34. The highest BCUT2D eigenvalue weighted by atomic mass is 19.4. The quantitative estimate of drug-likeness (QED) is 0.648. The number of ether oxygens (including phenoxy) is 1. The molecule has 0 atom stereocenters. The van der Waals surface area contributed by atoms with Crippen LogP contribution in [0.15, 0.2) is 60.9 Å². The van der Waals surface area contributed by atoms with Crippen LogP contribution in [0.1, 0.15) is 21.5 Å². The molecule has 0 aliphatic rings. The summed E-state index contributed by atoms with van der Waals surface area (Å²) in [5.74, 6) is -0.262. The lowest BCUT2D eigenvalue weighted by Crippen LogP contribution is -2.10. The first-order chi connectivity index (χ1) is 12.4. The van der Waals surface area contributed by atoms with Crippen LogP contribution in [0, 0.1) is 0 Å². The van der Waals surface area contributed by atoms with E-state index in [0.29, 0.717) is 5.56 Å². The summed E-state index contributed by atoms with van der Waals surface area (Å²) >= 11 is 0. The van der Waals surface area contributed by atoms with Gasteiger partial charge in [-0.15, -0.1) is 0 Å². The van der Waals surface area contributed by atoms with Gasteiger partial charge in [-0.1, -0.05) is 30.3 Å². The minimum atomic E-state index is -4.47. The van der Waals surface area contributed by atoms with Gasteiger partial charge in [0.05, 0.1) is 18.2 Å². The van der Waals surface area contributed by atoms with Crippen LogP contribution in [0.2, 0.25) is 0 Å². The van der Waals surface area contributed by atoms with E-state index in [9.17, 15) is 18.0 Å². The Bertz CT molecular complexity index is 932. The molecule has 26 heavy (non-hydrogen) atoms. The minimum absolute atomic E-state index is 0.00845. The van der Waals surface area contributed by atoms with E-state index < -0.39 is 17.7 Å². The molecule has 0 spiro atoms. The molecule has 0 aliphatic heterocycles. The number of halogens is 3. The lowest BCUT2D eigenvalue weighted by Gasteiger charge is -2.14. The third-order valence-corrected chi connectivity index (χ3v) is 3.89. The maximum atomic E-state index is 13.3. The summed E-state index contributed by atoms with van der Waals surface area (Å²) < 4.78 is 46.2. The van der Waals surface area contributed by atoms with Crippen LogP contribution < -0.4 is 0 Å². The van der Waals surface area contributed by atoms with Gasteiger partial charge in [0.1, 0.15) is 5.82 Å². The number of carbonyl (C=O) groups excluding carboxylic acids is 1. The molecule has 0 aliphatic carbocycles. The average Bonchev–Trinajstić information content (AvgIpc) is 3.08. The smallest absolute Gasteiger partial charge is 0.417 e. The van der Waals surface area contributed by atoms with Crippen molar-refractivity contribution < 1.29 is 22.7 Å². The Morgan fingerprint density at radius 3 is 2.65 bits per heavy atom. The average molecular weight is 360 g/mol. The molecule has 4 nitrogen and oxygen atoms in total. The molecule has 0 N–H and O–H groups in total. The van der Waals surface area contributed by atoms with Crippen molar-refractivity contribution in [1.29, 1.82) is 0 Å². The zero-order valence-electron chi connectivity index (χ0n) is 13.8. The van der Waals surface area contributed by atoms with Crippen molar-refractivity contribution in [2.45, 2.75) is 12.7 Å². The lowest BCUT2D eigenvalue weighted by atomic mass is 10.1. The molecule has 0 fully saturated rings. The van der Waals surface area contributed by atoms with Crippen LogP contribution in [0.25, 0.3) is 11.4 Å². The molecule has 1 heterocycles. The molecule has 0 radical (unpaired) electrons. The van der Waals surface area contributed by atoms with Crippen LogP contribution >= 0.6 is 0 Å². The number of carbonyl (C=O) groups is 1. The Balaban J connectivity index is 1.98. The first-order valence-electron chi connectivity index (χ1n) is 7.75. The first kappa shape index (κ1) is 17.7. The fraction of sp³-hybridized carbons (Fsp3) is 0.158. The summed E-state index contributed by atoms with van der Waals surface area (Å²) in [6.07, 6.45) is -1.42. The van der Waals surface area contributed by atoms with Crippen molar-refractivity contribution >= 4 is 5.97 Å². The Morgan fingerprint density at radius 1 is 1.15 bits per heavy atom. The number of benzene rings is 2. The van der Waals surface area contributed by atoms with Gasteiger partial charge in [0.15, 0.2) is 0 Å². The molecule has 0 bridgehead atoms. The van der Waals surface area contributed by atoms with Crippen LogP contribution in [0.5, 0.6) is 0 Å². The number of aromatic nitrogens is 2. The zero-order chi connectivity index (χ0) is 18.7. The Labute approximate surface area is 147 Å². The third-order valence-electron chi connectivity index (χ3n) is 3.89. The summed E-state index contributed by atoms with van der Waals surface area (Å²) in [6.45, 7) is 0.270. The molecule has 0 amide bonds. The molecule has 3 rings (SSSR count). The summed E-state index contributed by atoms with van der Waals surface area (Å²) in [5.41, 5.74) is 0.392. The fourth-order valence-corrected chi connectivity index (χ4v) is 2.72. The van der Waals surface area contributed by atoms with E-state index >= 15 is 0 Å². The summed E-state index contributed by atoms with van der Waals surface area (Å²) in [6, 6.07) is 12.1. The predicted molar refractivity (Wildman–Crippen MR) is 89.5 cm³/mol. The second-order valence-electron chi connectivity index (χ2n) is 5.61. The standard InChI is InChI=1S/C19H15F3N2O2/c1-26-18(25)14-6-4-5-13(11-14)12-24-10-9-23-17(24)15-7-2-3-8-16(15)19(20,21)22/h2-11H,12H2,1H3. The number of imidazole rings is 1. The monoisotopic (exact) mass is 360 g/mol. The number of hydrogen-bond acceptors (Lipinski definition) is 3. The Morgan fingerprint density at radius 2 is 1.92 bits per heavy atom. The maximum absolute atomic E-state index is 13.3. The van der Waals surface area contributed by atoms with Gasteiger partial charge < -0.3 is 9.30 Å². The van der Waals surface area contributed by atoms with Gasteiger partial charge in [-0.25, -0.2) is 9.78 Å². The molecular weight excluding hydrogens is 345 g/mol. The minimum Gasteiger partial charge on any atom is -0.465 e. The number of esters is 1. The normalized spacial score (nSPS) is 11.4. The maximum Gasteiger partial charge on any atom is 0.417 e. The third kappa shape index (κ3) is 3.61. The summed E-state index contributed by atoms with van der Waals surface area (Å²) in [7, 11) is 1.29. The molecule has 0 saturated heterocycles. The highest BCUT2D eigenvalue weighted by molar-refractivity contribution is 5.89. The number of rotatable bonds is 4. The number of nitrogens with zero attached hydrogens (tertiary/aromatic N) is 2. The van der Waals surface area contributed by atoms with Crippen molar-refractivity contribution in [3.05, 3.63) is 77.6 Å². The van der Waals surface area contributed by atoms with Gasteiger partial charge in [-0.05, 0) is 23.8 Å². The molecule has 7 heteroatoms. The van der Waals surface area contributed by atoms with Crippen LogP contribution in [-0.2, 0) is 17.5 Å². The topological polar surface area (TPSA) is 44.1 Å². The van der Waals surface area contributed by atoms with Crippen LogP contribution in [0.4, 0.5) is 13.2 Å². The lowest BCUT2D eigenvalue weighted by molar-refractivity contribution is -0.137. The van der Waals surface area contributed by atoms with Crippen LogP contribution in [0.3, 0.4) is 0 Å². The predicted octanol–water partition coefficient (Wildman–Crippen LogP) is 4.40. The highest BCUT2D eigenvalue weighted by Crippen LogP contribution is 2.36. The van der Waals surface area contributed by atoms with Crippen molar-refractivity contribution in [3.8, 4) is 11.4 Å². The SMILES string of the molecule is COC(=O)c1cccc(Cn2ccnc2-c2ccccc2C(F)(F)F)c1. The number of methoxy groups -OCH3 is 1. The van der Waals surface area contributed by atoms with E-state index in [1.807, 2.05) is 0 Å². The largest absolute Gasteiger partial charge is 0.465 e. The van der Waals surface area contributed by atoms with Crippen molar-refractivity contribution in [3.63, 3.8) is 0 Å². The van der Waals surface area contributed by atoms with Gasteiger partial charge in [0, 0.05) is 24.5 Å². The van der Waals surface area contributed by atoms with E-state index in [2.05, 4.69) is 9.72 Å². The summed E-state index contributed by atoms with van der Waals surface area (Å²) in [5, 5.41) is 0. The Hall–Kier alpha value is -3.09. The van der Waals surface area contributed by atoms with Gasteiger partial charge in [-0.3, -0.25) is 0 Å². The van der Waals surface area contributed by atoms with Gasteiger partial charge in [0.2, 0.25) is 0 Å². The van der Waals surface area contributed by atoms with Crippen molar-refractivity contribution in [1.82, 2.24) is 9.55 Å². The van der Waals surface area contributed by atoms with E-state index in [1.54, 1.807) is 41.1 Å². The Kier molecular flexibility index (Phi) is 4.79. The molecular formula is C19H15F3N2O2. The van der Waals surface area contributed by atoms with E-state index in [1.165, 1.54) is 25.4 Å². The van der Waals surface area contributed by atoms with Gasteiger partial charge in [0.25, 0.3) is 0 Å². The number of alkyl halides is 3. The summed E-state index contributed by atoms with van der Waals surface area (Å²) in [4.78, 5) is 15.7. The van der Waals surface area contributed by atoms with Gasteiger partial charge in [-0.2, -0.15) is 13.2 Å². The van der Waals surface area contributed by atoms with E-state index in [4.69, 9.17) is 0 Å². The van der Waals surface area contributed by atoms with Crippen LogP contribution in [-0.4, -0.2) is 22.6 Å². The molecule has 2 aromatic carbocycles.